The molecule has 1 aromatic carbocycles. The van der Waals surface area contributed by atoms with Crippen LogP contribution in [0.4, 0.5) is 5.69 Å². The van der Waals surface area contributed by atoms with E-state index in [2.05, 4.69) is 43.0 Å². The number of hydrogen-bond donors (Lipinski definition) is 1. The molecule has 0 fully saturated rings. The SMILES string of the molecule is CCOCCN(CC)c1ccccc1C(N)CC. The summed E-state index contributed by atoms with van der Waals surface area (Å²) in [6.07, 6.45) is 0.958. The van der Waals surface area contributed by atoms with Crippen molar-refractivity contribution in [3.05, 3.63) is 29.8 Å². The number of para-hydroxylation sites is 1. The van der Waals surface area contributed by atoms with Crippen LogP contribution in [0.1, 0.15) is 38.8 Å². The molecule has 3 nitrogen and oxygen atoms in total. The molecule has 0 heterocycles. The normalized spacial score (nSPS) is 12.4. The average Bonchev–Trinajstić information content (AvgIpc) is 2.43. The van der Waals surface area contributed by atoms with E-state index in [4.69, 9.17) is 10.5 Å². The average molecular weight is 250 g/mol. The van der Waals surface area contributed by atoms with E-state index >= 15 is 0 Å². The van der Waals surface area contributed by atoms with Gasteiger partial charge in [0.15, 0.2) is 0 Å². The summed E-state index contributed by atoms with van der Waals surface area (Å²) in [5, 5.41) is 0. The van der Waals surface area contributed by atoms with Crippen molar-refractivity contribution in [1.29, 1.82) is 0 Å². The molecule has 0 bridgehead atoms. The summed E-state index contributed by atoms with van der Waals surface area (Å²) >= 11 is 0. The Morgan fingerprint density at radius 3 is 2.56 bits per heavy atom. The molecule has 0 aromatic heterocycles. The first-order valence-corrected chi connectivity index (χ1v) is 6.91. The molecule has 2 N–H and O–H groups in total. The molecule has 0 radical (unpaired) electrons. The Balaban J connectivity index is 2.83. The number of ether oxygens (including phenoxy) is 1. The van der Waals surface area contributed by atoms with Crippen molar-refractivity contribution in [2.24, 2.45) is 5.73 Å². The molecule has 1 rings (SSSR count). The predicted octanol–water partition coefficient (Wildman–Crippen LogP) is 2.96. The zero-order valence-corrected chi connectivity index (χ0v) is 11.9. The second-order valence-electron chi connectivity index (χ2n) is 4.35. The van der Waals surface area contributed by atoms with Crippen LogP contribution in [0.5, 0.6) is 0 Å². The van der Waals surface area contributed by atoms with Crippen molar-refractivity contribution in [2.45, 2.75) is 33.2 Å². The van der Waals surface area contributed by atoms with Gasteiger partial charge in [-0.25, -0.2) is 0 Å². The number of likely N-dealkylation sites (N-methyl/N-ethyl adjacent to an activating group) is 1. The van der Waals surface area contributed by atoms with Crippen molar-refractivity contribution >= 4 is 5.69 Å². The van der Waals surface area contributed by atoms with Gasteiger partial charge in [-0.1, -0.05) is 25.1 Å². The van der Waals surface area contributed by atoms with E-state index in [1.807, 2.05) is 6.92 Å². The summed E-state index contributed by atoms with van der Waals surface area (Å²) in [5.41, 5.74) is 8.66. The Bertz CT molecular complexity index is 341. The highest BCUT2D eigenvalue weighted by Crippen LogP contribution is 2.26. The van der Waals surface area contributed by atoms with E-state index in [1.165, 1.54) is 11.3 Å². The molecule has 102 valence electrons. The monoisotopic (exact) mass is 250 g/mol. The molecule has 0 spiro atoms. The molecule has 0 aliphatic carbocycles. The van der Waals surface area contributed by atoms with Crippen LogP contribution in [-0.4, -0.2) is 26.3 Å². The minimum Gasteiger partial charge on any atom is -0.380 e. The van der Waals surface area contributed by atoms with Gasteiger partial charge < -0.3 is 15.4 Å². The quantitative estimate of drug-likeness (QED) is 0.721. The maximum Gasteiger partial charge on any atom is 0.0641 e. The lowest BCUT2D eigenvalue weighted by atomic mass is 10.0. The Hall–Kier alpha value is -1.06. The largest absolute Gasteiger partial charge is 0.380 e. The summed E-state index contributed by atoms with van der Waals surface area (Å²) in [4.78, 5) is 2.33. The zero-order valence-electron chi connectivity index (χ0n) is 11.9. The van der Waals surface area contributed by atoms with Crippen molar-refractivity contribution in [2.75, 3.05) is 31.2 Å². The standard InChI is InChI=1S/C15H26N2O/c1-4-14(16)13-9-7-8-10-15(13)17(5-2)11-12-18-6-3/h7-10,14H,4-6,11-12,16H2,1-3H3. The highest BCUT2D eigenvalue weighted by Gasteiger charge is 2.13. The first kappa shape index (κ1) is 15.0. The Morgan fingerprint density at radius 1 is 1.22 bits per heavy atom. The molecule has 0 saturated carbocycles. The summed E-state index contributed by atoms with van der Waals surface area (Å²) in [7, 11) is 0. The molecule has 1 unspecified atom stereocenters. The first-order valence-electron chi connectivity index (χ1n) is 6.91. The van der Waals surface area contributed by atoms with Crippen LogP contribution < -0.4 is 10.6 Å². The number of rotatable bonds is 8. The van der Waals surface area contributed by atoms with Gasteiger partial charge in [-0.3, -0.25) is 0 Å². The summed E-state index contributed by atoms with van der Waals surface area (Å²) in [6.45, 7) is 9.74. The fourth-order valence-corrected chi connectivity index (χ4v) is 2.08. The smallest absolute Gasteiger partial charge is 0.0641 e. The van der Waals surface area contributed by atoms with Gasteiger partial charge >= 0.3 is 0 Å². The van der Waals surface area contributed by atoms with Gasteiger partial charge in [-0.05, 0) is 31.9 Å². The van der Waals surface area contributed by atoms with E-state index in [0.29, 0.717) is 0 Å². The number of anilines is 1. The van der Waals surface area contributed by atoms with E-state index in [9.17, 15) is 0 Å². The van der Waals surface area contributed by atoms with Gasteiger partial charge in [0.1, 0.15) is 0 Å². The van der Waals surface area contributed by atoms with Crippen LogP contribution >= 0.6 is 0 Å². The number of benzene rings is 1. The van der Waals surface area contributed by atoms with Crippen molar-refractivity contribution < 1.29 is 4.74 Å². The second kappa shape index (κ2) is 8.11. The minimum atomic E-state index is 0.113. The Kier molecular flexibility index (Phi) is 6.76. The second-order valence-corrected chi connectivity index (χ2v) is 4.35. The van der Waals surface area contributed by atoms with Gasteiger partial charge in [0.05, 0.1) is 6.61 Å². The Morgan fingerprint density at radius 2 is 1.94 bits per heavy atom. The number of hydrogen-bond acceptors (Lipinski definition) is 3. The maximum absolute atomic E-state index is 6.18. The van der Waals surface area contributed by atoms with Gasteiger partial charge in [-0.2, -0.15) is 0 Å². The topological polar surface area (TPSA) is 38.5 Å². The third-order valence-corrected chi connectivity index (χ3v) is 3.21. The third kappa shape index (κ3) is 4.00. The fraction of sp³-hybridized carbons (Fsp3) is 0.600. The number of nitrogens with two attached hydrogens (primary N) is 1. The Labute approximate surface area is 111 Å². The molecule has 1 aromatic rings. The highest BCUT2D eigenvalue weighted by atomic mass is 16.5. The molecule has 0 amide bonds. The van der Waals surface area contributed by atoms with Crippen LogP contribution in [0.3, 0.4) is 0 Å². The fourth-order valence-electron chi connectivity index (χ4n) is 2.08. The third-order valence-electron chi connectivity index (χ3n) is 3.21. The van der Waals surface area contributed by atoms with Crippen LogP contribution in [0.25, 0.3) is 0 Å². The predicted molar refractivity (Wildman–Crippen MR) is 78.0 cm³/mol. The van der Waals surface area contributed by atoms with E-state index in [-0.39, 0.29) is 6.04 Å². The maximum atomic E-state index is 6.18. The van der Waals surface area contributed by atoms with Gasteiger partial charge in [-0.15, -0.1) is 0 Å². The lowest BCUT2D eigenvalue weighted by Gasteiger charge is -2.27. The van der Waals surface area contributed by atoms with Crippen molar-refractivity contribution in [3.63, 3.8) is 0 Å². The first-order chi connectivity index (χ1) is 8.74. The molecule has 1 atom stereocenters. The van der Waals surface area contributed by atoms with E-state index in [1.54, 1.807) is 0 Å². The number of nitrogens with zero attached hydrogens (tertiary/aromatic N) is 1. The van der Waals surface area contributed by atoms with Crippen LogP contribution in [0, 0.1) is 0 Å². The van der Waals surface area contributed by atoms with Crippen LogP contribution in [0.2, 0.25) is 0 Å². The molecular formula is C15H26N2O. The summed E-state index contributed by atoms with van der Waals surface area (Å²) in [5.74, 6) is 0. The van der Waals surface area contributed by atoms with Crippen LogP contribution in [-0.2, 0) is 4.74 Å². The highest BCUT2D eigenvalue weighted by molar-refractivity contribution is 5.54. The molecule has 0 saturated heterocycles. The molecule has 0 aliphatic heterocycles. The lowest BCUT2D eigenvalue weighted by molar-refractivity contribution is 0.154. The molecular weight excluding hydrogens is 224 g/mol. The zero-order chi connectivity index (χ0) is 13.4. The van der Waals surface area contributed by atoms with Gasteiger partial charge in [0, 0.05) is 31.4 Å². The molecule has 0 aliphatic rings. The van der Waals surface area contributed by atoms with Gasteiger partial charge in [0.25, 0.3) is 0 Å². The van der Waals surface area contributed by atoms with Crippen molar-refractivity contribution in [3.8, 4) is 0 Å². The van der Waals surface area contributed by atoms with Gasteiger partial charge in [0.2, 0.25) is 0 Å². The van der Waals surface area contributed by atoms with Crippen molar-refractivity contribution in [1.82, 2.24) is 0 Å². The molecule has 3 heteroatoms. The lowest BCUT2D eigenvalue weighted by Crippen LogP contribution is -2.29. The summed E-state index contributed by atoms with van der Waals surface area (Å²) in [6, 6.07) is 8.53. The van der Waals surface area contributed by atoms with E-state index in [0.717, 1.165) is 32.7 Å². The molecule has 18 heavy (non-hydrogen) atoms. The minimum absolute atomic E-state index is 0.113. The van der Waals surface area contributed by atoms with E-state index < -0.39 is 0 Å². The summed E-state index contributed by atoms with van der Waals surface area (Å²) < 4.78 is 5.44. The van der Waals surface area contributed by atoms with Crippen LogP contribution in [0.15, 0.2) is 24.3 Å².